The highest BCUT2D eigenvalue weighted by Crippen LogP contribution is 2.35. The number of nitrogens with one attached hydrogen (secondary N) is 2. The monoisotopic (exact) mass is 519 g/mol. The van der Waals surface area contributed by atoms with Gasteiger partial charge in [-0.15, -0.1) is 0 Å². The van der Waals surface area contributed by atoms with Crippen molar-refractivity contribution < 1.29 is 19.1 Å². The van der Waals surface area contributed by atoms with E-state index in [1.54, 1.807) is 48.5 Å². The van der Waals surface area contributed by atoms with E-state index in [1.807, 2.05) is 33.8 Å². The van der Waals surface area contributed by atoms with Crippen LogP contribution in [0.4, 0.5) is 10.6 Å². The van der Waals surface area contributed by atoms with Crippen molar-refractivity contribution in [2.45, 2.75) is 52.2 Å². The van der Waals surface area contributed by atoms with Crippen LogP contribution in [-0.2, 0) is 4.74 Å². The molecule has 2 aromatic heterocycles. The highest BCUT2D eigenvalue weighted by atomic mass is 16.6. The van der Waals surface area contributed by atoms with Crippen molar-refractivity contribution in [2.75, 3.05) is 24.3 Å². The molecule has 1 atom stereocenters. The highest BCUT2D eigenvalue weighted by molar-refractivity contribution is 6.04. The maximum Gasteiger partial charge on any atom is 0.410 e. The molecule has 11 nitrogen and oxygen atoms in total. The third-order valence-electron chi connectivity index (χ3n) is 6.12. The largest absolute Gasteiger partial charge is 0.444 e. The van der Waals surface area contributed by atoms with Crippen molar-refractivity contribution in [3.8, 4) is 11.3 Å². The van der Waals surface area contributed by atoms with E-state index in [1.165, 1.54) is 4.68 Å². The molecule has 3 amide bonds. The van der Waals surface area contributed by atoms with Crippen molar-refractivity contribution in [1.29, 1.82) is 0 Å². The van der Waals surface area contributed by atoms with E-state index in [4.69, 9.17) is 15.5 Å². The Hall–Kier alpha value is -4.41. The minimum absolute atomic E-state index is 0.153. The van der Waals surface area contributed by atoms with Gasteiger partial charge in [0.05, 0.1) is 6.04 Å². The quantitative estimate of drug-likeness (QED) is 0.449. The summed E-state index contributed by atoms with van der Waals surface area (Å²) in [6.07, 6.45) is 2.61. The molecule has 200 valence electrons. The van der Waals surface area contributed by atoms with Gasteiger partial charge < -0.3 is 21.2 Å². The van der Waals surface area contributed by atoms with Gasteiger partial charge in [-0.1, -0.05) is 12.1 Å². The van der Waals surface area contributed by atoms with E-state index in [0.29, 0.717) is 41.4 Å². The number of hydrogen-bond acceptors (Lipinski definition) is 7. The van der Waals surface area contributed by atoms with E-state index >= 15 is 0 Å². The Morgan fingerprint density at radius 1 is 1.13 bits per heavy atom. The van der Waals surface area contributed by atoms with Gasteiger partial charge in [-0.2, -0.15) is 0 Å². The molecule has 0 saturated carbocycles. The molecule has 0 aliphatic carbocycles. The SMILES string of the molecule is CNn1c(C2CCCN2C(=O)OC(C)(C)C)nc(-c2ccc(C(=O)Nc3cc(C)ccn3)cc2)c1C(N)=O. The van der Waals surface area contributed by atoms with Gasteiger partial charge in [0.15, 0.2) is 11.5 Å². The molecular weight excluding hydrogens is 486 g/mol. The number of aromatic nitrogens is 3. The van der Waals surface area contributed by atoms with Gasteiger partial charge >= 0.3 is 6.09 Å². The summed E-state index contributed by atoms with van der Waals surface area (Å²) in [5, 5.41) is 2.78. The van der Waals surface area contributed by atoms with Gasteiger partial charge in [-0.05, 0) is 70.4 Å². The number of pyridine rings is 1. The maximum atomic E-state index is 12.9. The van der Waals surface area contributed by atoms with Crippen molar-refractivity contribution in [3.63, 3.8) is 0 Å². The van der Waals surface area contributed by atoms with Crippen molar-refractivity contribution in [2.24, 2.45) is 5.73 Å². The first-order chi connectivity index (χ1) is 18.0. The van der Waals surface area contributed by atoms with Crippen LogP contribution in [0.5, 0.6) is 0 Å². The number of nitrogens with two attached hydrogens (primary N) is 1. The molecule has 3 aromatic rings. The molecule has 0 spiro atoms. The normalized spacial score (nSPS) is 15.3. The molecule has 1 unspecified atom stereocenters. The number of primary amides is 1. The highest BCUT2D eigenvalue weighted by Gasteiger charge is 2.38. The Labute approximate surface area is 221 Å². The van der Waals surface area contributed by atoms with E-state index in [2.05, 4.69) is 15.7 Å². The number of likely N-dealkylation sites (tertiary alicyclic amines) is 1. The molecule has 0 bridgehead atoms. The third-order valence-corrected chi connectivity index (χ3v) is 6.12. The zero-order valence-electron chi connectivity index (χ0n) is 22.2. The molecule has 1 saturated heterocycles. The number of anilines is 1. The Kier molecular flexibility index (Phi) is 7.38. The Morgan fingerprint density at radius 3 is 2.45 bits per heavy atom. The first-order valence-corrected chi connectivity index (χ1v) is 12.4. The van der Waals surface area contributed by atoms with Gasteiger partial charge in [-0.25, -0.2) is 19.4 Å². The van der Waals surface area contributed by atoms with Gasteiger partial charge in [0.1, 0.15) is 17.1 Å². The second-order valence-electron chi connectivity index (χ2n) is 10.2. The van der Waals surface area contributed by atoms with Crippen molar-refractivity contribution in [3.05, 3.63) is 65.2 Å². The van der Waals surface area contributed by atoms with Crippen molar-refractivity contribution >= 4 is 23.7 Å². The lowest BCUT2D eigenvalue weighted by molar-refractivity contribution is 0.0216. The summed E-state index contributed by atoms with van der Waals surface area (Å²) in [7, 11) is 1.65. The van der Waals surface area contributed by atoms with Gasteiger partial charge in [0, 0.05) is 30.9 Å². The van der Waals surface area contributed by atoms with E-state index in [-0.39, 0.29) is 11.6 Å². The van der Waals surface area contributed by atoms with Crippen LogP contribution in [0.2, 0.25) is 0 Å². The summed E-state index contributed by atoms with van der Waals surface area (Å²) in [6, 6.07) is 9.92. The fraction of sp³-hybridized carbons (Fsp3) is 0.370. The van der Waals surface area contributed by atoms with Crippen LogP contribution in [0.1, 0.15) is 71.9 Å². The van der Waals surface area contributed by atoms with Crippen LogP contribution < -0.4 is 16.5 Å². The van der Waals surface area contributed by atoms with Crippen LogP contribution in [-0.4, -0.2) is 56.6 Å². The standard InChI is InChI=1S/C27H33N7O4/c1-16-12-13-30-20(15-16)31-25(36)18-10-8-17(9-11-18)21-22(23(28)35)34(29-5)24(32-21)19-7-6-14-33(19)26(37)38-27(2,3)4/h8-13,15,19,29H,6-7,14H2,1-5H3,(H2,28,35)(H,30,31,36). The Balaban J connectivity index is 1.65. The van der Waals surface area contributed by atoms with E-state index in [9.17, 15) is 14.4 Å². The first kappa shape index (κ1) is 26.6. The average molecular weight is 520 g/mol. The third kappa shape index (κ3) is 5.61. The van der Waals surface area contributed by atoms with Crippen LogP contribution in [0.3, 0.4) is 0 Å². The van der Waals surface area contributed by atoms with Gasteiger partial charge in [0.2, 0.25) is 0 Å². The number of carbonyl (C=O) groups is 3. The van der Waals surface area contributed by atoms with Crippen LogP contribution in [0.15, 0.2) is 42.6 Å². The first-order valence-electron chi connectivity index (χ1n) is 12.4. The summed E-state index contributed by atoms with van der Waals surface area (Å²) >= 11 is 0. The molecule has 3 heterocycles. The minimum Gasteiger partial charge on any atom is -0.444 e. The zero-order chi connectivity index (χ0) is 27.6. The molecule has 1 aliphatic heterocycles. The predicted octanol–water partition coefficient (Wildman–Crippen LogP) is 3.85. The van der Waals surface area contributed by atoms with Gasteiger partial charge in [-0.3, -0.25) is 14.5 Å². The summed E-state index contributed by atoms with van der Waals surface area (Å²) < 4.78 is 7.12. The second-order valence-corrected chi connectivity index (χ2v) is 10.2. The molecule has 4 N–H and O–H groups in total. The van der Waals surface area contributed by atoms with Crippen molar-refractivity contribution in [1.82, 2.24) is 19.5 Å². The Morgan fingerprint density at radius 2 is 1.84 bits per heavy atom. The number of amides is 3. The zero-order valence-corrected chi connectivity index (χ0v) is 22.2. The molecule has 38 heavy (non-hydrogen) atoms. The average Bonchev–Trinajstić information content (AvgIpc) is 3.48. The number of rotatable bonds is 6. The second kappa shape index (κ2) is 10.5. The molecule has 0 radical (unpaired) electrons. The number of nitrogens with zero attached hydrogens (tertiary/aromatic N) is 4. The summed E-state index contributed by atoms with van der Waals surface area (Å²) in [5.74, 6) is -0.0574. The molecular formula is C27H33N7O4. The summed E-state index contributed by atoms with van der Waals surface area (Å²) in [6.45, 7) is 7.87. The summed E-state index contributed by atoms with van der Waals surface area (Å²) in [5.41, 5.74) is 10.6. The van der Waals surface area contributed by atoms with E-state index < -0.39 is 23.6 Å². The number of aryl methyl sites for hydroxylation is 1. The van der Waals surface area contributed by atoms with Crippen LogP contribution in [0, 0.1) is 6.92 Å². The number of carbonyl (C=O) groups excluding carboxylic acids is 3. The van der Waals surface area contributed by atoms with Gasteiger partial charge in [0.25, 0.3) is 11.8 Å². The molecule has 4 rings (SSSR count). The lowest BCUT2D eigenvalue weighted by atomic mass is 10.1. The molecule has 1 aliphatic rings. The fourth-order valence-electron chi connectivity index (χ4n) is 4.46. The lowest BCUT2D eigenvalue weighted by Gasteiger charge is -2.28. The Bertz CT molecular complexity index is 1360. The van der Waals surface area contributed by atoms with Crippen LogP contribution >= 0.6 is 0 Å². The number of ether oxygens (including phenoxy) is 1. The number of benzene rings is 1. The molecule has 1 fully saturated rings. The number of imidazole rings is 1. The lowest BCUT2D eigenvalue weighted by Crippen LogP contribution is -2.37. The minimum atomic E-state index is -0.678. The molecule has 1 aromatic carbocycles. The summed E-state index contributed by atoms with van der Waals surface area (Å²) in [4.78, 5) is 48.7. The molecule has 11 heteroatoms. The maximum absolute atomic E-state index is 12.9. The topological polar surface area (TPSA) is 144 Å². The fourth-order valence-corrected chi connectivity index (χ4v) is 4.46. The van der Waals surface area contributed by atoms with Crippen LogP contribution in [0.25, 0.3) is 11.3 Å². The number of hydrogen-bond donors (Lipinski definition) is 3. The smallest absolute Gasteiger partial charge is 0.410 e. The van der Waals surface area contributed by atoms with E-state index in [0.717, 1.165) is 12.0 Å². The predicted molar refractivity (Wildman–Crippen MR) is 143 cm³/mol.